The van der Waals surface area contributed by atoms with Crippen LogP contribution in [0.5, 0.6) is 0 Å². The van der Waals surface area contributed by atoms with Crippen molar-refractivity contribution in [1.82, 2.24) is 16.0 Å². The fraction of sp³-hybridized carbons (Fsp3) is 0.783. The highest BCUT2D eigenvalue weighted by molar-refractivity contribution is 5.84. The Hall–Kier alpha value is -2.93. The Morgan fingerprint density at radius 2 is 1.47 bits per heavy atom. The predicted molar refractivity (Wildman–Crippen MR) is 134 cm³/mol. The topological polar surface area (TPSA) is 228 Å². The van der Waals surface area contributed by atoms with E-state index in [-0.39, 0.29) is 30.9 Å². The Bertz CT molecular complexity index is 650. The van der Waals surface area contributed by atoms with Crippen LogP contribution in [0.2, 0.25) is 0 Å². The van der Waals surface area contributed by atoms with Crippen LogP contribution in [0.1, 0.15) is 79.6 Å². The zero-order valence-corrected chi connectivity index (χ0v) is 22.1. The molecule has 0 aromatic carbocycles. The fourth-order valence-corrected chi connectivity index (χ4v) is 2.12. The van der Waals surface area contributed by atoms with E-state index in [1.807, 2.05) is 33.0 Å². The highest BCUT2D eigenvalue weighted by atomic mass is 16.4. The van der Waals surface area contributed by atoms with E-state index in [1.54, 1.807) is 6.92 Å². The molecule has 0 spiro atoms. The van der Waals surface area contributed by atoms with Gasteiger partial charge in [-0.15, -0.1) is 0 Å². The van der Waals surface area contributed by atoms with Gasteiger partial charge in [-0.3, -0.25) is 14.4 Å². The standard InChI is InChI=1S/C15H27N3O6.C5H13NO.C3H6O2/c1-10(2)6-7-12(19)16-8-4-3-5-11(14(22)23)18-15(24)17-9-13(20)21;1-5(2,6)3-4-7;1-2-3(4)5/h10-11H,3-9H2,1-2H3,(H,16,19)(H,20,21)(H,22,23)(H2,17,18,24);7H,3-4,6H2,1-2H3;2H2,1H3,(H,4,5). The molecule has 0 saturated carbocycles. The molecule has 0 rings (SSSR count). The number of rotatable bonds is 15. The molecule has 13 nitrogen and oxygen atoms in total. The lowest BCUT2D eigenvalue weighted by molar-refractivity contribution is -0.139. The number of unbranched alkanes of at least 4 members (excludes halogenated alkanes) is 1. The number of aliphatic hydroxyl groups excluding tert-OH is 1. The molecule has 9 N–H and O–H groups in total. The molecule has 36 heavy (non-hydrogen) atoms. The number of aliphatic hydroxyl groups is 1. The maximum atomic E-state index is 11.5. The van der Waals surface area contributed by atoms with Crippen LogP contribution in [0.25, 0.3) is 0 Å². The SMILES string of the molecule is CC(C)(N)CCO.CC(C)CCC(=O)NCCCCC(NC(=O)NCC(=O)O)C(=O)O.CCC(=O)O. The van der Waals surface area contributed by atoms with Crippen molar-refractivity contribution in [2.24, 2.45) is 11.7 Å². The summed E-state index contributed by atoms with van der Waals surface area (Å²) >= 11 is 0. The molecule has 0 aliphatic heterocycles. The number of aliphatic carboxylic acids is 3. The predicted octanol–water partition coefficient (Wildman–Crippen LogP) is 1.13. The average molecular weight is 523 g/mol. The quantitative estimate of drug-likeness (QED) is 0.143. The summed E-state index contributed by atoms with van der Waals surface area (Å²) in [4.78, 5) is 53.6. The molecule has 1 atom stereocenters. The van der Waals surface area contributed by atoms with E-state index in [1.165, 1.54) is 0 Å². The average Bonchev–Trinajstić information content (AvgIpc) is 2.75. The third-order valence-electron chi connectivity index (χ3n) is 4.25. The normalized spacial score (nSPS) is 11.1. The molecule has 0 bridgehead atoms. The number of hydrogen-bond acceptors (Lipinski definition) is 7. The summed E-state index contributed by atoms with van der Waals surface area (Å²) in [6.07, 6.45) is 3.48. The van der Waals surface area contributed by atoms with Crippen LogP contribution in [0.4, 0.5) is 4.79 Å². The second kappa shape index (κ2) is 22.5. The minimum atomic E-state index is -1.22. The fourth-order valence-electron chi connectivity index (χ4n) is 2.12. The van der Waals surface area contributed by atoms with Gasteiger partial charge in [0.2, 0.25) is 5.91 Å². The highest BCUT2D eigenvalue weighted by Gasteiger charge is 2.19. The monoisotopic (exact) mass is 522 g/mol. The highest BCUT2D eigenvalue weighted by Crippen LogP contribution is 2.04. The van der Waals surface area contributed by atoms with Gasteiger partial charge in [0, 0.05) is 31.5 Å². The molecule has 1 unspecified atom stereocenters. The molecule has 3 amide bonds. The maximum absolute atomic E-state index is 11.5. The van der Waals surface area contributed by atoms with Gasteiger partial charge in [-0.25, -0.2) is 9.59 Å². The summed E-state index contributed by atoms with van der Waals surface area (Å²) in [6, 6.07) is -1.94. The van der Waals surface area contributed by atoms with Crippen LogP contribution in [0.15, 0.2) is 0 Å². The molecule has 0 aromatic rings. The van der Waals surface area contributed by atoms with Gasteiger partial charge in [-0.2, -0.15) is 0 Å². The van der Waals surface area contributed by atoms with Crippen molar-refractivity contribution < 1.29 is 44.4 Å². The molecule has 0 radical (unpaired) electrons. The van der Waals surface area contributed by atoms with E-state index < -0.39 is 36.5 Å². The Labute approximate surface area is 213 Å². The molecule has 0 fully saturated rings. The van der Waals surface area contributed by atoms with Gasteiger partial charge in [0.05, 0.1) is 0 Å². The molecular formula is C23H46N4O9. The molecule has 0 aliphatic rings. The molecule has 0 aromatic heterocycles. The number of carboxylic acid groups (broad SMARTS) is 3. The second-order valence-electron chi connectivity index (χ2n) is 9.10. The summed E-state index contributed by atoms with van der Waals surface area (Å²) < 4.78 is 0. The van der Waals surface area contributed by atoms with Gasteiger partial charge >= 0.3 is 23.9 Å². The Kier molecular flexibility index (Phi) is 23.5. The van der Waals surface area contributed by atoms with Gasteiger partial charge in [0.15, 0.2) is 0 Å². The van der Waals surface area contributed by atoms with Crippen LogP contribution >= 0.6 is 0 Å². The zero-order chi connectivity index (χ0) is 28.7. The number of hydrogen-bond donors (Lipinski definition) is 8. The first-order valence-corrected chi connectivity index (χ1v) is 11.9. The first-order valence-electron chi connectivity index (χ1n) is 11.9. The summed E-state index contributed by atoms with van der Waals surface area (Å²) in [5.41, 5.74) is 5.29. The zero-order valence-electron chi connectivity index (χ0n) is 22.1. The van der Waals surface area contributed by atoms with Crippen molar-refractivity contribution in [3.05, 3.63) is 0 Å². The minimum Gasteiger partial charge on any atom is -0.481 e. The van der Waals surface area contributed by atoms with Crippen LogP contribution in [-0.2, 0) is 19.2 Å². The van der Waals surface area contributed by atoms with Crippen molar-refractivity contribution in [3.63, 3.8) is 0 Å². The van der Waals surface area contributed by atoms with Crippen molar-refractivity contribution in [2.45, 2.75) is 91.1 Å². The number of amides is 3. The number of carbonyl (C=O) groups is 5. The Morgan fingerprint density at radius 1 is 0.917 bits per heavy atom. The van der Waals surface area contributed by atoms with Gasteiger partial charge in [-0.1, -0.05) is 20.8 Å². The van der Waals surface area contributed by atoms with Crippen LogP contribution in [0, 0.1) is 5.92 Å². The van der Waals surface area contributed by atoms with Crippen molar-refractivity contribution >= 4 is 29.8 Å². The Balaban J connectivity index is -0.000000743. The van der Waals surface area contributed by atoms with Gasteiger partial charge in [-0.05, 0) is 51.9 Å². The van der Waals surface area contributed by atoms with Gasteiger partial charge < -0.3 is 42.1 Å². The molecular weight excluding hydrogens is 476 g/mol. The maximum Gasteiger partial charge on any atom is 0.326 e. The molecule has 0 heterocycles. The molecule has 13 heteroatoms. The first-order chi connectivity index (χ1) is 16.5. The van der Waals surface area contributed by atoms with E-state index in [9.17, 15) is 24.0 Å². The summed E-state index contributed by atoms with van der Waals surface area (Å²) in [6.45, 7) is 9.52. The van der Waals surface area contributed by atoms with E-state index in [0.717, 1.165) is 6.42 Å². The Morgan fingerprint density at radius 3 is 1.83 bits per heavy atom. The number of nitrogens with two attached hydrogens (primary N) is 1. The molecule has 0 saturated heterocycles. The van der Waals surface area contributed by atoms with E-state index in [4.69, 9.17) is 26.2 Å². The van der Waals surface area contributed by atoms with Crippen molar-refractivity contribution in [3.8, 4) is 0 Å². The van der Waals surface area contributed by atoms with Crippen LogP contribution < -0.4 is 21.7 Å². The number of nitrogens with one attached hydrogen (secondary N) is 3. The summed E-state index contributed by atoms with van der Waals surface area (Å²) in [7, 11) is 0. The van der Waals surface area contributed by atoms with Crippen molar-refractivity contribution in [1.29, 1.82) is 0 Å². The lowest BCUT2D eigenvalue weighted by Crippen LogP contribution is -2.47. The second-order valence-corrected chi connectivity index (χ2v) is 9.10. The van der Waals surface area contributed by atoms with E-state index in [2.05, 4.69) is 10.6 Å². The van der Waals surface area contributed by atoms with Gasteiger partial charge in [0.25, 0.3) is 0 Å². The lowest BCUT2D eigenvalue weighted by Gasteiger charge is -2.15. The molecule has 0 aliphatic carbocycles. The van der Waals surface area contributed by atoms with Crippen LogP contribution in [0.3, 0.4) is 0 Å². The number of urea groups is 1. The first kappa shape index (κ1) is 37.6. The van der Waals surface area contributed by atoms with Crippen molar-refractivity contribution in [2.75, 3.05) is 19.7 Å². The smallest absolute Gasteiger partial charge is 0.326 e. The lowest BCUT2D eigenvalue weighted by atomic mass is 10.0. The third kappa shape index (κ3) is 33.2. The van der Waals surface area contributed by atoms with E-state index >= 15 is 0 Å². The van der Waals surface area contributed by atoms with E-state index in [0.29, 0.717) is 38.1 Å². The number of carboxylic acids is 3. The molecule has 212 valence electrons. The summed E-state index contributed by atoms with van der Waals surface area (Å²) in [5.74, 6) is -2.72. The number of carbonyl (C=O) groups excluding carboxylic acids is 2. The minimum absolute atomic E-state index is 0.0235. The largest absolute Gasteiger partial charge is 0.481 e. The van der Waals surface area contributed by atoms with Crippen LogP contribution in [-0.4, -0.2) is 81.5 Å². The third-order valence-corrected chi connectivity index (χ3v) is 4.25. The van der Waals surface area contributed by atoms with Gasteiger partial charge in [0.1, 0.15) is 12.6 Å². The summed E-state index contributed by atoms with van der Waals surface area (Å²) in [5, 5.41) is 40.5.